The first kappa shape index (κ1) is 11.7. The second-order valence-electron chi connectivity index (χ2n) is 3.92. The van der Waals surface area contributed by atoms with Gasteiger partial charge in [0.2, 0.25) is 0 Å². The lowest BCUT2D eigenvalue weighted by molar-refractivity contribution is -0.133. The SMILES string of the molecule is COC(C)(C)C(=O)Nc1cncc(C)c1. The van der Waals surface area contributed by atoms with Crippen LogP contribution in [0.4, 0.5) is 5.69 Å². The minimum atomic E-state index is -0.830. The van der Waals surface area contributed by atoms with Crippen LogP contribution in [0.3, 0.4) is 0 Å². The van der Waals surface area contributed by atoms with E-state index < -0.39 is 5.60 Å². The number of hydrogen-bond acceptors (Lipinski definition) is 3. The Kier molecular flexibility index (Phi) is 3.42. The lowest BCUT2D eigenvalue weighted by Crippen LogP contribution is -2.38. The summed E-state index contributed by atoms with van der Waals surface area (Å²) >= 11 is 0. The Morgan fingerprint density at radius 2 is 2.13 bits per heavy atom. The van der Waals surface area contributed by atoms with Crippen LogP contribution in [0.25, 0.3) is 0 Å². The van der Waals surface area contributed by atoms with Crippen molar-refractivity contribution in [3.63, 3.8) is 0 Å². The Balaban J connectivity index is 2.75. The summed E-state index contributed by atoms with van der Waals surface area (Å²) in [6.45, 7) is 5.35. The molecular weight excluding hydrogens is 192 g/mol. The smallest absolute Gasteiger partial charge is 0.256 e. The molecule has 1 aromatic heterocycles. The third-order valence-electron chi connectivity index (χ3n) is 2.19. The molecule has 1 N–H and O–H groups in total. The molecule has 15 heavy (non-hydrogen) atoms. The molecule has 82 valence electrons. The average Bonchev–Trinajstić information content (AvgIpc) is 2.17. The second kappa shape index (κ2) is 4.40. The third kappa shape index (κ3) is 3.02. The fraction of sp³-hybridized carbons (Fsp3) is 0.455. The molecule has 0 saturated heterocycles. The summed E-state index contributed by atoms with van der Waals surface area (Å²) in [5.41, 5.74) is 0.858. The molecule has 0 bridgehead atoms. The number of aromatic nitrogens is 1. The standard InChI is InChI=1S/C11H16N2O2/c1-8-5-9(7-12-6-8)13-10(14)11(2,3)15-4/h5-7H,1-4H3,(H,13,14). The Morgan fingerprint density at radius 3 is 2.67 bits per heavy atom. The van der Waals surface area contributed by atoms with Crippen LogP contribution in [0.5, 0.6) is 0 Å². The van der Waals surface area contributed by atoms with Crippen LogP contribution in [0, 0.1) is 6.92 Å². The van der Waals surface area contributed by atoms with Crippen molar-refractivity contribution >= 4 is 11.6 Å². The quantitative estimate of drug-likeness (QED) is 0.823. The summed E-state index contributed by atoms with van der Waals surface area (Å²) in [4.78, 5) is 15.7. The number of nitrogens with one attached hydrogen (secondary N) is 1. The molecule has 1 amide bonds. The number of anilines is 1. The van der Waals surface area contributed by atoms with Crippen LogP contribution in [-0.2, 0) is 9.53 Å². The highest BCUT2D eigenvalue weighted by Crippen LogP contribution is 2.13. The number of carbonyl (C=O) groups excluding carboxylic acids is 1. The molecule has 0 atom stereocenters. The molecule has 0 radical (unpaired) electrons. The molecule has 4 heteroatoms. The number of aryl methyl sites for hydroxylation is 1. The first-order valence-electron chi connectivity index (χ1n) is 4.74. The Bertz CT molecular complexity index is 361. The van der Waals surface area contributed by atoms with Crippen molar-refractivity contribution in [1.82, 2.24) is 4.98 Å². The van der Waals surface area contributed by atoms with Crippen LogP contribution < -0.4 is 5.32 Å². The van der Waals surface area contributed by atoms with E-state index in [1.54, 1.807) is 26.2 Å². The minimum Gasteiger partial charge on any atom is -0.369 e. The van der Waals surface area contributed by atoms with Crippen molar-refractivity contribution in [3.05, 3.63) is 24.0 Å². The maximum absolute atomic E-state index is 11.7. The van der Waals surface area contributed by atoms with E-state index in [1.165, 1.54) is 7.11 Å². The second-order valence-corrected chi connectivity index (χ2v) is 3.92. The lowest BCUT2D eigenvalue weighted by atomic mass is 10.1. The summed E-state index contributed by atoms with van der Waals surface area (Å²) in [6, 6.07) is 1.86. The number of nitrogens with zero attached hydrogens (tertiary/aromatic N) is 1. The average molecular weight is 208 g/mol. The van der Waals surface area contributed by atoms with E-state index >= 15 is 0 Å². The molecule has 1 aromatic rings. The highest BCUT2D eigenvalue weighted by Gasteiger charge is 2.26. The number of methoxy groups -OCH3 is 1. The van der Waals surface area contributed by atoms with Crippen molar-refractivity contribution in [2.45, 2.75) is 26.4 Å². The molecule has 0 aliphatic carbocycles. The van der Waals surface area contributed by atoms with Gasteiger partial charge in [0.25, 0.3) is 5.91 Å². The van der Waals surface area contributed by atoms with Crippen LogP contribution in [0.1, 0.15) is 19.4 Å². The van der Waals surface area contributed by atoms with E-state index in [0.717, 1.165) is 5.56 Å². The van der Waals surface area contributed by atoms with Gasteiger partial charge in [-0.2, -0.15) is 0 Å². The first-order chi connectivity index (χ1) is 6.95. The zero-order valence-corrected chi connectivity index (χ0v) is 9.50. The summed E-state index contributed by atoms with van der Waals surface area (Å²) in [6.07, 6.45) is 3.34. The van der Waals surface area contributed by atoms with Gasteiger partial charge in [-0.05, 0) is 32.4 Å². The lowest BCUT2D eigenvalue weighted by Gasteiger charge is -2.21. The van der Waals surface area contributed by atoms with Gasteiger partial charge in [0, 0.05) is 13.3 Å². The van der Waals surface area contributed by atoms with E-state index in [1.807, 2.05) is 13.0 Å². The van der Waals surface area contributed by atoms with Crippen molar-refractivity contribution < 1.29 is 9.53 Å². The summed E-state index contributed by atoms with van der Waals surface area (Å²) < 4.78 is 5.07. The van der Waals surface area contributed by atoms with Gasteiger partial charge in [0.05, 0.1) is 11.9 Å². The molecule has 0 aliphatic heterocycles. The zero-order valence-electron chi connectivity index (χ0n) is 9.50. The topological polar surface area (TPSA) is 51.2 Å². The predicted molar refractivity (Wildman–Crippen MR) is 58.7 cm³/mol. The predicted octanol–water partition coefficient (Wildman–Crippen LogP) is 1.75. The molecular formula is C11H16N2O2. The van der Waals surface area contributed by atoms with E-state index in [9.17, 15) is 4.79 Å². The van der Waals surface area contributed by atoms with E-state index in [4.69, 9.17) is 4.74 Å². The summed E-state index contributed by atoms with van der Waals surface area (Å²) in [5, 5.41) is 2.75. The maximum atomic E-state index is 11.7. The monoisotopic (exact) mass is 208 g/mol. The van der Waals surface area contributed by atoms with Gasteiger partial charge >= 0.3 is 0 Å². The normalized spacial score (nSPS) is 11.2. The summed E-state index contributed by atoms with van der Waals surface area (Å²) in [7, 11) is 1.51. The zero-order chi connectivity index (χ0) is 11.5. The molecule has 0 aromatic carbocycles. The molecule has 0 saturated carbocycles. The molecule has 0 fully saturated rings. The van der Waals surface area contributed by atoms with Gasteiger partial charge in [0.1, 0.15) is 5.60 Å². The highest BCUT2D eigenvalue weighted by atomic mass is 16.5. The third-order valence-corrected chi connectivity index (χ3v) is 2.19. The minimum absolute atomic E-state index is 0.183. The molecule has 1 heterocycles. The fourth-order valence-electron chi connectivity index (χ4n) is 0.998. The molecule has 0 aliphatic rings. The van der Waals surface area contributed by atoms with Gasteiger partial charge in [-0.1, -0.05) is 0 Å². The van der Waals surface area contributed by atoms with Crippen LogP contribution in [-0.4, -0.2) is 23.6 Å². The number of amides is 1. The summed E-state index contributed by atoms with van der Waals surface area (Å²) in [5.74, 6) is -0.183. The number of hydrogen-bond donors (Lipinski definition) is 1. The Morgan fingerprint density at radius 1 is 1.47 bits per heavy atom. The highest BCUT2D eigenvalue weighted by molar-refractivity contribution is 5.96. The number of ether oxygens (including phenoxy) is 1. The maximum Gasteiger partial charge on any atom is 0.256 e. The number of rotatable bonds is 3. The molecule has 4 nitrogen and oxygen atoms in total. The number of pyridine rings is 1. The van der Waals surface area contributed by atoms with Gasteiger partial charge in [-0.3, -0.25) is 9.78 Å². The van der Waals surface area contributed by atoms with Crippen molar-refractivity contribution in [1.29, 1.82) is 0 Å². The first-order valence-corrected chi connectivity index (χ1v) is 4.74. The van der Waals surface area contributed by atoms with Gasteiger partial charge < -0.3 is 10.1 Å². The largest absolute Gasteiger partial charge is 0.369 e. The van der Waals surface area contributed by atoms with Gasteiger partial charge in [-0.15, -0.1) is 0 Å². The van der Waals surface area contributed by atoms with E-state index in [2.05, 4.69) is 10.3 Å². The van der Waals surface area contributed by atoms with Gasteiger partial charge in [0.15, 0.2) is 0 Å². The van der Waals surface area contributed by atoms with Crippen LogP contribution in [0.15, 0.2) is 18.5 Å². The number of carbonyl (C=O) groups is 1. The van der Waals surface area contributed by atoms with Gasteiger partial charge in [-0.25, -0.2) is 0 Å². The Labute approximate surface area is 89.7 Å². The fourth-order valence-corrected chi connectivity index (χ4v) is 0.998. The molecule has 0 unspecified atom stereocenters. The van der Waals surface area contributed by atoms with Crippen molar-refractivity contribution in [2.75, 3.05) is 12.4 Å². The van der Waals surface area contributed by atoms with Crippen LogP contribution >= 0.6 is 0 Å². The van der Waals surface area contributed by atoms with E-state index in [0.29, 0.717) is 5.69 Å². The molecule has 0 spiro atoms. The van der Waals surface area contributed by atoms with Crippen LogP contribution in [0.2, 0.25) is 0 Å². The molecule has 1 rings (SSSR count). The van der Waals surface area contributed by atoms with Crippen molar-refractivity contribution in [3.8, 4) is 0 Å². The van der Waals surface area contributed by atoms with Crippen molar-refractivity contribution in [2.24, 2.45) is 0 Å². The Hall–Kier alpha value is -1.42. The van der Waals surface area contributed by atoms with E-state index in [-0.39, 0.29) is 5.91 Å².